The number of benzene rings is 1. The molecule has 9 heteroatoms. The quantitative estimate of drug-likeness (QED) is 0.720. The summed E-state index contributed by atoms with van der Waals surface area (Å²) in [7, 11) is -3.07. The minimum atomic E-state index is -3.07. The van der Waals surface area contributed by atoms with Crippen LogP contribution in [0, 0.1) is 0 Å². The molecule has 2 heterocycles. The Kier molecular flexibility index (Phi) is 6.32. The summed E-state index contributed by atoms with van der Waals surface area (Å²) < 4.78 is 25.5. The molecule has 6 nitrogen and oxygen atoms in total. The number of amides is 1. The van der Waals surface area contributed by atoms with E-state index in [1.165, 1.54) is 0 Å². The van der Waals surface area contributed by atoms with Crippen LogP contribution in [0.5, 0.6) is 0 Å². The maximum atomic E-state index is 12.6. The predicted molar refractivity (Wildman–Crippen MR) is 117 cm³/mol. The molecule has 1 aromatic carbocycles. The Balaban J connectivity index is 1.77. The normalized spacial score (nSPS) is 18.7. The highest BCUT2D eigenvalue weighted by Gasteiger charge is 2.32. The van der Waals surface area contributed by atoms with Crippen LogP contribution in [0.1, 0.15) is 50.9 Å². The summed E-state index contributed by atoms with van der Waals surface area (Å²) in [6.45, 7) is 6.08. The zero-order valence-electron chi connectivity index (χ0n) is 16.7. The number of anilines is 1. The summed E-state index contributed by atoms with van der Waals surface area (Å²) in [5.74, 6) is 0.519. The lowest BCUT2D eigenvalue weighted by Gasteiger charge is -2.15. The fourth-order valence-electron chi connectivity index (χ4n) is 3.30. The molecule has 1 unspecified atom stereocenters. The largest absolute Gasteiger partial charge is 0.311 e. The van der Waals surface area contributed by atoms with Gasteiger partial charge in [0.25, 0.3) is 0 Å². The smallest absolute Gasteiger partial charge is 0.225 e. The van der Waals surface area contributed by atoms with Gasteiger partial charge in [0.1, 0.15) is 5.82 Å². The van der Waals surface area contributed by atoms with Crippen LogP contribution >= 0.6 is 23.2 Å². The molecule has 1 atom stereocenters. The van der Waals surface area contributed by atoms with Gasteiger partial charge in [-0.1, -0.05) is 56.1 Å². The van der Waals surface area contributed by atoms with E-state index < -0.39 is 9.84 Å². The summed E-state index contributed by atoms with van der Waals surface area (Å²) in [6.07, 6.45) is 1.16. The van der Waals surface area contributed by atoms with Gasteiger partial charge in [0.15, 0.2) is 9.84 Å². The lowest BCUT2D eigenvalue weighted by Crippen LogP contribution is -2.20. The monoisotopic (exact) mass is 457 g/mol. The van der Waals surface area contributed by atoms with Gasteiger partial charge in [0.05, 0.1) is 33.3 Å². The first-order valence-corrected chi connectivity index (χ1v) is 12.1. The molecular weight excluding hydrogens is 433 g/mol. The van der Waals surface area contributed by atoms with Crippen molar-refractivity contribution in [2.75, 3.05) is 16.8 Å². The SMILES string of the molecule is CC(C)(C)c1cc(NC(=O)CCc2cccc(Cl)c2Cl)n(C2CCS(=O)(=O)C2)n1. The van der Waals surface area contributed by atoms with Gasteiger partial charge in [-0.3, -0.25) is 4.79 Å². The number of hydrogen-bond donors (Lipinski definition) is 1. The van der Waals surface area contributed by atoms with E-state index >= 15 is 0 Å². The minimum Gasteiger partial charge on any atom is -0.311 e. The highest BCUT2D eigenvalue weighted by Crippen LogP contribution is 2.31. The number of rotatable bonds is 5. The van der Waals surface area contributed by atoms with Crippen molar-refractivity contribution in [2.24, 2.45) is 0 Å². The first-order valence-electron chi connectivity index (χ1n) is 9.49. The molecule has 0 spiro atoms. The number of nitrogens with zero attached hydrogens (tertiary/aromatic N) is 2. The number of carbonyl (C=O) groups excluding carboxylic acids is 1. The molecule has 0 saturated carbocycles. The molecule has 158 valence electrons. The zero-order chi connectivity index (χ0) is 21.4. The van der Waals surface area contributed by atoms with E-state index in [1.54, 1.807) is 16.8 Å². The molecular formula is C20H25Cl2N3O3S. The van der Waals surface area contributed by atoms with E-state index in [9.17, 15) is 13.2 Å². The van der Waals surface area contributed by atoms with Gasteiger partial charge in [0.2, 0.25) is 5.91 Å². The molecule has 0 radical (unpaired) electrons. The third-order valence-corrected chi connectivity index (χ3v) is 7.59. The summed E-state index contributed by atoms with van der Waals surface area (Å²) in [4.78, 5) is 12.6. The van der Waals surface area contributed by atoms with Crippen molar-refractivity contribution in [3.63, 3.8) is 0 Å². The van der Waals surface area contributed by atoms with Gasteiger partial charge in [-0.2, -0.15) is 5.10 Å². The summed E-state index contributed by atoms with van der Waals surface area (Å²) in [5.41, 5.74) is 1.38. The molecule has 0 aliphatic carbocycles. The highest BCUT2D eigenvalue weighted by molar-refractivity contribution is 7.91. The molecule has 1 amide bonds. The first kappa shape index (κ1) is 22.1. The lowest BCUT2D eigenvalue weighted by molar-refractivity contribution is -0.116. The molecule has 29 heavy (non-hydrogen) atoms. The standard InChI is InChI=1S/C20H25Cl2N3O3S/c1-20(2,3)16-11-17(25(24-16)14-9-10-29(27,28)12-14)23-18(26)8-7-13-5-4-6-15(21)19(13)22/h4-6,11,14H,7-10,12H2,1-3H3,(H,23,26). The maximum Gasteiger partial charge on any atom is 0.225 e. The number of carbonyl (C=O) groups is 1. The van der Waals surface area contributed by atoms with E-state index in [0.29, 0.717) is 28.7 Å². The lowest BCUT2D eigenvalue weighted by atomic mass is 9.92. The molecule has 3 rings (SSSR count). The third kappa shape index (κ3) is 5.32. The van der Waals surface area contributed by atoms with Crippen LogP contribution in [0.2, 0.25) is 10.0 Å². The number of hydrogen-bond acceptors (Lipinski definition) is 4. The van der Waals surface area contributed by atoms with Crippen molar-refractivity contribution in [2.45, 2.75) is 51.5 Å². The molecule has 1 N–H and O–H groups in total. The Morgan fingerprint density at radius 1 is 1.31 bits per heavy atom. The average Bonchev–Trinajstić information content (AvgIpc) is 3.19. The Bertz CT molecular complexity index is 1030. The Labute approximate surface area is 181 Å². The fourth-order valence-corrected chi connectivity index (χ4v) is 5.40. The second kappa shape index (κ2) is 8.28. The maximum absolute atomic E-state index is 12.6. The number of aromatic nitrogens is 2. The number of halogens is 2. The summed E-state index contributed by atoms with van der Waals surface area (Å²) in [6, 6.07) is 6.90. The fraction of sp³-hybridized carbons (Fsp3) is 0.500. The van der Waals surface area contributed by atoms with Crippen LogP contribution < -0.4 is 5.32 Å². The van der Waals surface area contributed by atoms with E-state index in [-0.39, 0.29) is 35.3 Å². The van der Waals surface area contributed by atoms with Gasteiger partial charge in [-0.15, -0.1) is 0 Å². The minimum absolute atomic E-state index is 0.0409. The number of sulfone groups is 1. The topological polar surface area (TPSA) is 81.1 Å². The molecule has 1 fully saturated rings. The molecule has 1 saturated heterocycles. The zero-order valence-corrected chi connectivity index (χ0v) is 19.0. The Hall–Kier alpha value is -1.57. The second-order valence-electron chi connectivity index (χ2n) is 8.43. The van der Waals surface area contributed by atoms with Crippen molar-refractivity contribution < 1.29 is 13.2 Å². The Morgan fingerprint density at radius 3 is 2.66 bits per heavy atom. The van der Waals surface area contributed by atoms with Gasteiger partial charge in [-0.05, 0) is 24.5 Å². The number of aryl methyl sites for hydroxylation is 1. The average molecular weight is 458 g/mol. The van der Waals surface area contributed by atoms with Crippen LogP contribution in [0.15, 0.2) is 24.3 Å². The number of nitrogens with one attached hydrogen (secondary N) is 1. The molecule has 2 aromatic rings. The van der Waals surface area contributed by atoms with Gasteiger partial charge < -0.3 is 5.32 Å². The Morgan fingerprint density at radius 2 is 2.03 bits per heavy atom. The molecule has 1 aliphatic rings. The van der Waals surface area contributed by atoms with Crippen molar-refractivity contribution in [1.29, 1.82) is 0 Å². The molecule has 1 aromatic heterocycles. The third-order valence-electron chi connectivity index (χ3n) is 4.98. The first-order chi connectivity index (χ1) is 13.5. The van der Waals surface area contributed by atoms with Crippen LogP contribution in [-0.2, 0) is 26.5 Å². The molecule has 0 bridgehead atoms. The van der Waals surface area contributed by atoms with Crippen LogP contribution in [0.25, 0.3) is 0 Å². The van der Waals surface area contributed by atoms with Crippen LogP contribution in [0.4, 0.5) is 5.82 Å². The summed E-state index contributed by atoms with van der Waals surface area (Å²) >= 11 is 12.2. The van der Waals surface area contributed by atoms with Crippen molar-refractivity contribution in [1.82, 2.24) is 9.78 Å². The van der Waals surface area contributed by atoms with Crippen molar-refractivity contribution >= 4 is 44.8 Å². The summed E-state index contributed by atoms with van der Waals surface area (Å²) in [5, 5.41) is 8.44. The van der Waals surface area contributed by atoms with E-state index in [2.05, 4.69) is 10.4 Å². The predicted octanol–water partition coefficient (Wildman–Crippen LogP) is 4.42. The van der Waals surface area contributed by atoms with Gasteiger partial charge >= 0.3 is 0 Å². The second-order valence-corrected chi connectivity index (χ2v) is 11.4. The van der Waals surface area contributed by atoms with E-state index in [4.69, 9.17) is 23.2 Å². The van der Waals surface area contributed by atoms with Crippen LogP contribution in [0.3, 0.4) is 0 Å². The van der Waals surface area contributed by atoms with Crippen molar-refractivity contribution in [3.05, 3.63) is 45.6 Å². The van der Waals surface area contributed by atoms with E-state index in [1.807, 2.05) is 32.9 Å². The van der Waals surface area contributed by atoms with Gasteiger partial charge in [0, 0.05) is 17.9 Å². The highest BCUT2D eigenvalue weighted by atomic mass is 35.5. The molecule has 1 aliphatic heterocycles. The van der Waals surface area contributed by atoms with E-state index in [0.717, 1.165) is 11.3 Å². The van der Waals surface area contributed by atoms with Crippen molar-refractivity contribution in [3.8, 4) is 0 Å². The van der Waals surface area contributed by atoms with Gasteiger partial charge in [-0.25, -0.2) is 13.1 Å². The van der Waals surface area contributed by atoms with Crippen LogP contribution in [-0.4, -0.2) is 35.6 Å².